The Morgan fingerprint density at radius 3 is 2.90 bits per heavy atom. The molecule has 0 spiro atoms. The predicted molar refractivity (Wildman–Crippen MR) is 79.0 cm³/mol. The number of halogens is 3. The van der Waals surface area contributed by atoms with Crippen LogP contribution in [0.5, 0.6) is 0 Å². The third-order valence-corrected chi connectivity index (χ3v) is 3.56. The van der Waals surface area contributed by atoms with E-state index in [0.717, 1.165) is 12.2 Å². The van der Waals surface area contributed by atoms with E-state index in [9.17, 15) is 8.78 Å². The lowest BCUT2D eigenvalue weighted by Crippen LogP contribution is -2.19. The van der Waals surface area contributed by atoms with E-state index in [-0.39, 0.29) is 16.6 Å². The highest BCUT2D eigenvalue weighted by atomic mass is 79.9. The first-order chi connectivity index (χ1) is 10.1. The summed E-state index contributed by atoms with van der Waals surface area (Å²) in [6.07, 6.45) is 1.70. The summed E-state index contributed by atoms with van der Waals surface area (Å²) in [6, 6.07) is 4.40. The molecule has 0 aliphatic carbocycles. The Labute approximate surface area is 130 Å². The molecule has 0 atom stereocenters. The second kappa shape index (κ2) is 7.63. The lowest BCUT2D eigenvalue weighted by Gasteiger charge is -2.07. The van der Waals surface area contributed by atoms with Crippen LogP contribution in [0.2, 0.25) is 0 Å². The standard InChI is InChI=1S/C14H16BrF2N3O/c1-21-7-5-18-8-10-4-6-20(19-10)9-11-13(16)3-2-12(15)14(11)17/h2-4,6,18H,5,7-9H2,1H3. The van der Waals surface area contributed by atoms with Crippen LogP contribution in [0.1, 0.15) is 11.3 Å². The number of nitrogens with zero attached hydrogens (tertiary/aromatic N) is 2. The first kappa shape index (κ1) is 16.1. The molecule has 1 heterocycles. The highest BCUT2D eigenvalue weighted by Gasteiger charge is 2.13. The van der Waals surface area contributed by atoms with E-state index in [1.165, 1.54) is 16.8 Å². The average molecular weight is 360 g/mol. The lowest BCUT2D eigenvalue weighted by molar-refractivity contribution is 0.199. The minimum atomic E-state index is -0.592. The number of methoxy groups -OCH3 is 1. The maximum atomic E-state index is 13.9. The van der Waals surface area contributed by atoms with Crippen molar-refractivity contribution in [3.8, 4) is 0 Å². The second-order valence-corrected chi connectivity index (χ2v) is 5.35. The molecule has 7 heteroatoms. The molecule has 4 nitrogen and oxygen atoms in total. The van der Waals surface area contributed by atoms with Gasteiger partial charge in [0.2, 0.25) is 0 Å². The SMILES string of the molecule is COCCNCc1ccn(Cc2c(F)ccc(Br)c2F)n1. The van der Waals surface area contributed by atoms with Crippen molar-refractivity contribution in [3.05, 3.63) is 51.8 Å². The third kappa shape index (κ3) is 4.33. The van der Waals surface area contributed by atoms with Gasteiger partial charge in [-0.3, -0.25) is 4.68 Å². The van der Waals surface area contributed by atoms with Gasteiger partial charge in [-0.05, 0) is 34.1 Å². The molecule has 0 bridgehead atoms. The minimum Gasteiger partial charge on any atom is -0.383 e. The van der Waals surface area contributed by atoms with Gasteiger partial charge in [0, 0.05) is 32.0 Å². The zero-order valence-corrected chi connectivity index (χ0v) is 13.2. The van der Waals surface area contributed by atoms with Gasteiger partial charge in [-0.15, -0.1) is 0 Å². The van der Waals surface area contributed by atoms with Gasteiger partial charge in [0.25, 0.3) is 0 Å². The quantitative estimate of drug-likeness (QED) is 0.610. The lowest BCUT2D eigenvalue weighted by atomic mass is 10.2. The van der Waals surface area contributed by atoms with E-state index >= 15 is 0 Å². The Morgan fingerprint density at radius 1 is 1.33 bits per heavy atom. The normalized spacial score (nSPS) is 11.0. The number of rotatable bonds is 7. The van der Waals surface area contributed by atoms with Crippen LogP contribution in [-0.4, -0.2) is 30.0 Å². The molecule has 2 aromatic rings. The van der Waals surface area contributed by atoms with Crippen molar-refractivity contribution < 1.29 is 13.5 Å². The molecule has 1 aromatic heterocycles. The topological polar surface area (TPSA) is 39.1 Å². The molecule has 0 radical (unpaired) electrons. The molecular formula is C14H16BrF2N3O. The molecule has 0 aliphatic rings. The summed E-state index contributed by atoms with van der Waals surface area (Å²) in [4.78, 5) is 0. The van der Waals surface area contributed by atoms with Crippen LogP contribution >= 0.6 is 15.9 Å². The largest absolute Gasteiger partial charge is 0.383 e. The van der Waals surface area contributed by atoms with Gasteiger partial charge in [0.1, 0.15) is 11.6 Å². The van der Waals surface area contributed by atoms with Crippen LogP contribution in [-0.2, 0) is 17.8 Å². The number of aromatic nitrogens is 2. The fraction of sp³-hybridized carbons (Fsp3) is 0.357. The zero-order valence-electron chi connectivity index (χ0n) is 11.6. The molecule has 0 fully saturated rings. The van der Waals surface area contributed by atoms with Crippen LogP contribution in [0, 0.1) is 11.6 Å². The molecule has 0 saturated heterocycles. The average Bonchev–Trinajstić information content (AvgIpc) is 2.92. The van der Waals surface area contributed by atoms with Gasteiger partial charge in [-0.1, -0.05) is 0 Å². The Kier molecular flexibility index (Phi) is 5.84. The van der Waals surface area contributed by atoms with Crippen molar-refractivity contribution in [3.63, 3.8) is 0 Å². The van der Waals surface area contributed by atoms with Crippen molar-refractivity contribution in [2.24, 2.45) is 0 Å². The fourth-order valence-electron chi connectivity index (χ4n) is 1.85. The van der Waals surface area contributed by atoms with Crippen molar-refractivity contribution in [2.45, 2.75) is 13.1 Å². The molecule has 21 heavy (non-hydrogen) atoms. The van der Waals surface area contributed by atoms with Gasteiger partial charge in [-0.25, -0.2) is 8.78 Å². The molecule has 1 N–H and O–H groups in total. The first-order valence-electron chi connectivity index (χ1n) is 6.46. The summed E-state index contributed by atoms with van der Waals surface area (Å²) in [5.74, 6) is -1.17. The maximum absolute atomic E-state index is 13.9. The Hall–Kier alpha value is -1.31. The molecule has 0 amide bonds. The highest BCUT2D eigenvalue weighted by molar-refractivity contribution is 9.10. The molecule has 114 valence electrons. The van der Waals surface area contributed by atoms with Gasteiger partial charge in [0.15, 0.2) is 0 Å². The smallest absolute Gasteiger partial charge is 0.145 e. The molecule has 0 aliphatic heterocycles. The minimum absolute atomic E-state index is 0.00799. The predicted octanol–water partition coefficient (Wildman–Crippen LogP) is 2.71. The van der Waals surface area contributed by atoms with E-state index in [1.54, 1.807) is 13.3 Å². The number of ether oxygens (including phenoxy) is 1. The monoisotopic (exact) mass is 359 g/mol. The van der Waals surface area contributed by atoms with Crippen LogP contribution in [0.4, 0.5) is 8.78 Å². The van der Waals surface area contributed by atoms with Crippen LogP contribution < -0.4 is 5.32 Å². The summed E-state index contributed by atoms with van der Waals surface area (Å²) in [5, 5.41) is 7.43. The number of benzene rings is 1. The van der Waals surface area contributed by atoms with Crippen molar-refractivity contribution in [2.75, 3.05) is 20.3 Å². The molecule has 1 aromatic carbocycles. The van der Waals surface area contributed by atoms with E-state index in [1.807, 2.05) is 6.07 Å². The summed E-state index contributed by atoms with van der Waals surface area (Å²) in [6.45, 7) is 1.97. The van der Waals surface area contributed by atoms with Gasteiger partial charge in [0.05, 0.1) is 23.3 Å². The van der Waals surface area contributed by atoms with Crippen LogP contribution in [0.15, 0.2) is 28.9 Å². The fourth-order valence-corrected chi connectivity index (χ4v) is 2.22. The maximum Gasteiger partial charge on any atom is 0.145 e. The van der Waals surface area contributed by atoms with Crippen molar-refractivity contribution in [1.82, 2.24) is 15.1 Å². The summed E-state index contributed by atoms with van der Waals surface area (Å²) in [5.41, 5.74) is 0.799. The van der Waals surface area contributed by atoms with Gasteiger partial charge in [-0.2, -0.15) is 5.10 Å². The highest BCUT2D eigenvalue weighted by Crippen LogP contribution is 2.22. The Balaban J connectivity index is 2.01. The zero-order chi connectivity index (χ0) is 15.2. The van der Waals surface area contributed by atoms with Crippen molar-refractivity contribution >= 4 is 15.9 Å². The molecular weight excluding hydrogens is 344 g/mol. The second-order valence-electron chi connectivity index (χ2n) is 4.50. The van der Waals surface area contributed by atoms with E-state index in [0.29, 0.717) is 13.2 Å². The Morgan fingerprint density at radius 2 is 2.14 bits per heavy atom. The van der Waals surface area contributed by atoms with Gasteiger partial charge >= 0.3 is 0 Å². The third-order valence-electron chi connectivity index (χ3n) is 2.94. The first-order valence-corrected chi connectivity index (χ1v) is 7.25. The van der Waals surface area contributed by atoms with E-state index in [4.69, 9.17) is 4.74 Å². The molecule has 0 saturated carbocycles. The van der Waals surface area contributed by atoms with Crippen LogP contribution in [0.25, 0.3) is 0 Å². The number of hydrogen-bond acceptors (Lipinski definition) is 3. The number of nitrogens with one attached hydrogen (secondary N) is 1. The number of hydrogen-bond donors (Lipinski definition) is 1. The summed E-state index contributed by atoms with van der Waals surface area (Å²) >= 11 is 3.05. The van der Waals surface area contributed by atoms with E-state index < -0.39 is 11.6 Å². The van der Waals surface area contributed by atoms with E-state index in [2.05, 4.69) is 26.3 Å². The summed E-state index contributed by atoms with van der Waals surface area (Å²) < 4.78 is 34.3. The van der Waals surface area contributed by atoms with Crippen LogP contribution in [0.3, 0.4) is 0 Å². The summed E-state index contributed by atoms with van der Waals surface area (Å²) in [7, 11) is 1.64. The van der Waals surface area contributed by atoms with Crippen molar-refractivity contribution in [1.29, 1.82) is 0 Å². The van der Waals surface area contributed by atoms with Gasteiger partial charge < -0.3 is 10.1 Å². The molecule has 2 rings (SSSR count). The molecule has 0 unspecified atom stereocenters. The Bertz CT molecular complexity index is 604.